The van der Waals surface area contributed by atoms with E-state index in [2.05, 4.69) is 9.97 Å². The maximum atomic E-state index is 11.1. The van der Waals surface area contributed by atoms with E-state index in [-0.39, 0.29) is 5.56 Å². The van der Waals surface area contributed by atoms with Gasteiger partial charge >= 0.3 is 5.69 Å². The van der Waals surface area contributed by atoms with Gasteiger partial charge in [0.1, 0.15) is 0 Å². The van der Waals surface area contributed by atoms with Crippen molar-refractivity contribution in [1.82, 2.24) is 9.97 Å². The molecule has 1 fully saturated rings. The highest BCUT2D eigenvalue weighted by Gasteiger charge is 2.27. The molecule has 2 rings (SSSR count). The van der Waals surface area contributed by atoms with Crippen LogP contribution in [-0.2, 0) is 0 Å². The van der Waals surface area contributed by atoms with Crippen LogP contribution < -0.4 is 11.2 Å². The second-order valence-corrected chi connectivity index (χ2v) is 3.99. The quantitative estimate of drug-likeness (QED) is 0.736. The molecule has 0 aromatic carbocycles. The molecule has 0 spiro atoms. The van der Waals surface area contributed by atoms with Crippen LogP contribution in [0.25, 0.3) is 0 Å². The first-order chi connectivity index (χ1) is 5.68. The van der Waals surface area contributed by atoms with Gasteiger partial charge in [-0.3, -0.25) is 9.78 Å². The van der Waals surface area contributed by atoms with E-state index in [1.54, 1.807) is 0 Å². The highest BCUT2D eigenvalue weighted by molar-refractivity contribution is 14.1. The van der Waals surface area contributed by atoms with E-state index in [0.717, 1.165) is 18.5 Å². The number of aromatic nitrogens is 2. The molecule has 0 amide bonds. The summed E-state index contributed by atoms with van der Waals surface area (Å²) >= 11 is 1.96. The molecule has 64 valence electrons. The highest BCUT2D eigenvalue weighted by atomic mass is 127. The van der Waals surface area contributed by atoms with Crippen LogP contribution in [-0.4, -0.2) is 9.97 Å². The van der Waals surface area contributed by atoms with E-state index >= 15 is 0 Å². The summed E-state index contributed by atoms with van der Waals surface area (Å²) in [5.41, 5.74) is 0.132. The Kier molecular flexibility index (Phi) is 1.82. The Labute approximate surface area is 81.5 Å². The van der Waals surface area contributed by atoms with Gasteiger partial charge in [-0.15, -0.1) is 0 Å². The van der Waals surface area contributed by atoms with Crippen LogP contribution in [0.4, 0.5) is 0 Å². The maximum absolute atomic E-state index is 11.1. The van der Waals surface area contributed by atoms with E-state index in [1.165, 1.54) is 0 Å². The van der Waals surface area contributed by atoms with Crippen molar-refractivity contribution in [3.8, 4) is 0 Å². The molecule has 0 unspecified atom stereocenters. The number of aromatic amines is 2. The summed E-state index contributed by atoms with van der Waals surface area (Å²) in [5, 5.41) is 0. The molecule has 0 aliphatic heterocycles. The van der Waals surface area contributed by atoms with E-state index < -0.39 is 5.69 Å². The lowest BCUT2D eigenvalue weighted by atomic mass is 10.3. The molecule has 0 atom stereocenters. The lowest BCUT2D eigenvalue weighted by Gasteiger charge is -1.98. The van der Waals surface area contributed by atoms with Gasteiger partial charge < -0.3 is 4.98 Å². The predicted molar refractivity (Wildman–Crippen MR) is 52.4 cm³/mol. The second-order valence-electron chi connectivity index (χ2n) is 2.91. The molecule has 1 aromatic rings. The lowest BCUT2D eigenvalue weighted by molar-refractivity contribution is 0.910. The van der Waals surface area contributed by atoms with Crippen LogP contribution in [0.15, 0.2) is 9.59 Å². The van der Waals surface area contributed by atoms with Gasteiger partial charge in [0, 0.05) is 11.6 Å². The summed E-state index contributed by atoms with van der Waals surface area (Å²) in [4.78, 5) is 26.8. The average molecular weight is 278 g/mol. The summed E-state index contributed by atoms with van der Waals surface area (Å²) in [5.74, 6) is 0.409. The Morgan fingerprint density at radius 1 is 1.25 bits per heavy atom. The molecule has 0 radical (unpaired) electrons. The van der Waals surface area contributed by atoms with E-state index in [0.29, 0.717) is 9.49 Å². The van der Waals surface area contributed by atoms with Crippen molar-refractivity contribution in [1.29, 1.82) is 0 Å². The zero-order chi connectivity index (χ0) is 8.72. The Morgan fingerprint density at radius 2 is 1.92 bits per heavy atom. The fraction of sp³-hybridized carbons (Fsp3) is 0.429. The van der Waals surface area contributed by atoms with Gasteiger partial charge in [0.05, 0.1) is 3.57 Å². The Balaban J connectivity index is 2.66. The first-order valence-corrected chi connectivity index (χ1v) is 4.78. The van der Waals surface area contributed by atoms with Gasteiger partial charge in [-0.25, -0.2) is 4.79 Å². The summed E-state index contributed by atoms with van der Waals surface area (Å²) < 4.78 is 0.620. The molecule has 1 aliphatic rings. The molecule has 1 heterocycles. The molecule has 12 heavy (non-hydrogen) atoms. The van der Waals surface area contributed by atoms with Crippen LogP contribution in [0.1, 0.15) is 24.5 Å². The molecule has 1 saturated carbocycles. The van der Waals surface area contributed by atoms with E-state index in [4.69, 9.17) is 0 Å². The summed E-state index contributed by atoms with van der Waals surface area (Å²) in [6, 6.07) is 0. The molecule has 0 saturated heterocycles. The van der Waals surface area contributed by atoms with Gasteiger partial charge in [-0.05, 0) is 35.4 Å². The summed E-state index contributed by atoms with van der Waals surface area (Å²) in [6.45, 7) is 0. The zero-order valence-electron chi connectivity index (χ0n) is 6.19. The molecule has 2 N–H and O–H groups in total. The minimum Gasteiger partial charge on any atom is -0.310 e. The third-order valence-corrected chi connectivity index (χ3v) is 2.97. The van der Waals surface area contributed by atoms with Crippen molar-refractivity contribution < 1.29 is 0 Å². The molecule has 1 aliphatic carbocycles. The monoisotopic (exact) mass is 278 g/mol. The number of rotatable bonds is 1. The first-order valence-electron chi connectivity index (χ1n) is 3.70. The van der Waals surface area contributed by atoms with Crippen LogP contribution in [0.3, 0.4) is 0 Å². The van der Waals surface area contributed by atoms with Crippen LogP contribution in [0, 0.1) is 3.57 Å². The average Bonchev–Trinajstić information content (AvgIpc) is 2.79. The third-order valence-electron chi connectivity index (χ3n) is 1.90. The van der Waals surface area contributed by atoms with Crippen LogP contribution >= 0.6 is 22.6 Å². The number of nitrogens with one attached hydrogen (secondary N) is 2. The number of halogens is 1. The van der Waals surface area contributed by atoms with Crippen molar-refractivity contribution in [3.05, 3.63) is 30.1 Å². The Bertz CT molecular complexity index is 416. The largest absolute Gasteiger partial charge is 0.325 e. The number of hydrogen-bond donors (Lipinski definition) is 2. The molecule has 4 nitrogen and oxygen atoms in total. The molecular weight excluding hydrogens is 271 g/mol. The lowest BCUT2D eigenvalue weighted by Crippen LogP contribution is -2.26. The molecular formula is C7H7IN2O2. The Morgan fingerprint density at radius 3 is 2.50 bits per heavy atom. The Hall–Kier alpha value is -0.590. The van der Waals surface area contributed by atoms with Gasteiger partial charge in [0.25, 0.3) is 5.56 Å². The smallest absolute Gasteiger partial charge is 0.310 e. The van der Waals surface area contributed by atoms with Gasteiger partial charge in [0.2, 0.25) is 0 Å². The molecule has 5 heteroatoms. The molecule has 1 aromatic heterocycles. The highest BCUT2D eigenvalue weighted by Crippen LogP contribution is 2.39. The van der Waals surface area contributed by atoms with Crippen molar-refractivity contribution in [2.45, 2.75) is 18.8 Å². The van der Waals surface area contributed by atoms with Crippen molar-refractivity contribution in [2.24, 2.45) is 0 Å². The normalized spacial score (nSPS) is 16.4. The van der Waals surface area contributed by atoms with Crippen molar-refractivity contribution in [3.63, 3.8) is 0 Å². The SMILES string of the molecule is O=c1[nH]c(C2CC2)c(I)c(=O)[nH]1. The number of hydrogen-bond acceptors (Lipinski definition) is 2. The van der Waals surface area contributed by atoms with Crippen molar-refractivity contribution in [2.75, 3.05) is 0 Å². The summed E-state index contributed by atoms with van der Waals surface area (Å²) in [7, 11) is 0. The summed E-state index contributed by atoms with van der Waals surface area (Å²) in [6.07, 6.45) is 2.16. The fourth-order valence-corrected chi connectivity index (χ4v) is 1.85. The van der Waals surface area contributed by atoms with Crippen LogP contribution in [0.5, 0.6) is 0 Å². The standard InChI is InChI=1S/C7H7IN2O2/c8-4-5(3-1-2-3)9-7(12)10-6(4)11/h3H,1-2H2,(H2,9,10,11,12). The van der Waals surface area contributed by atoms with E-state index in [1.807, 2.05) is 22.6 Å². The number of H-pyrrole nitrogens is 2. The van der Waals surface area contributed by atoms with Gasteiger partial charge in [-0.2, -0.15) is 0 Å². The molecule has 0 bridgehead atoms. The second kappa shape index (κ2) is 2.72. The van der Waals surface area contributed by atoms with Gasteiger partial charge in [0.15, 0.2) is 0 Å². The van der Waals surface area contributed by atoms with Gasteiger partial charge in [-0.1, -0.05) is 0 Å². The maximum Gasteiger partial charge on any atom is 0.325 e. The minimum absolute atomic E-state index is 0.277. The first kappa shape index (κ1) is 8.03. The predicted octanol–water partition coefficient (Wildman–Crippen LogP) is 0.545. The topological polar surface area (TPSA) is 65.7 Å². The van der Waals surface area contributed by atoms with Crippen molar-refractivity contribution >= 4 is 22.6 Å². The minimum atomic E-state index is -0.401. The zero-order valence-corrected chi connectivity index (χ0v) is 8.34. The van der Waals surface area contributed by atoms with E-state index in [9.17, 15) is 9.59 Å². The van der Waals surface area contributed by atoms with Crippen LogP contribution in [0.2, 0.25) is 0 Å². The fourth-order valence-electron chi connectivity index (χ4n) is 1.14. The third kappa shape index (κ3) is 1.33.